The van der Waals surface area contributed by atoms with Crippen LogP contribution in [-0.2, 0) is 11.2 Å². The van der Waals surface area contributed by atoms with Crippen LogP contribution >= 0.6 is 0 Å². The van der Waals surface area contributed by atoms with Crippen molar-refractivity contribution < 1.29 is 29.7 Å². The van der Waals surface area contributed by atoms with Crippen LogP contribution < -0.4 is 0 Å². The molecule has 6 heteroatoms. The molecule has 6 nitrogen and oxygen atoms in total. The number of carboxylic acid groups (broad SMARTS) is 3. The summed E-state index contributed by atoms with van der Waals surface area (Å²) < 4.78 is 0. The van der Waals surface area contributed by atoms with Crippen molar-refractivity contribution in [3.63, 3.8) is 0 Å². The Morgan fingerprint density at radius 1 is 0.818 bits per heavy atom. The summed E-state index contributed by atoms with van der Waals surface area (Å²) in [6.45, 7) is 0. The van der Waals surface area contributed by atoms with Crippen LogP contribution in [0.4, 0.5) is 0 Å². The normalized spacial score (nSPS) is 10.4. The predicted octanol–water partition coefficient (Wildman–Crippen LogP) is 3.05. The zero-order chi connectivity index (χ0) is 16.5. The molecule has 22 heavy (non-hydrogen) atoms. The molecule has 0 aliphatic heterocycles. The Labute approximate surface area is 128 Å². The minimum atomic E-state index is -1.24. The van der Waals surface area contributed by atoms with Crippen LogP contribution in [0.2, 0.25) is 0 Å². The molecular formula is C16H20O6. The first kappa shape index (κ1) is 17.7. The minimum absolute atomic E-state index is 0.138. The Bertz CT molecular complexity index is 550. The Morgan fingerprint density at radius 3 is 2.05 bits per heavy atom. The van der Waals surface area contributed by atoms with E-state index >= 15 is 0 Å². The first-order valence-electron chi connectivity index (χ1n) is 7.23. The smallest absolute Gasteiger partial charge is 0.336 e. The van der Waals surface area contributed by atoms with Gasteiger partial charge in [0.25, 0.3) is 0 Å². The van der Waals surface area contributed by atoms with Crippen molar-refractivity contribution in [2.24, 2.45) is 0 Å². The molecule has 3 N–H and O–H groups in total. The number of carboxylic acids is 3. The van der Waals surface area contributed by atoms with Gasteiger partial charge in [-0.3, -0.25) is 4.79 Å². The van der Waals surface area contributed by atoms with Crippen molar-refractivity contribution in [1.82, 2.24) is 0 Å². The molecule has 0 fully saturated rings. The van der Waals surface area contributed by atoms with Crippen LogP contribution in [0, 0.1) is 0 Å². The molecule has 0 spiro atoms. The second kappa shape index (κ2) is 8.81. The lowest BCUT2D eigenvalue weighted by Gasteiger charge is -2.09. The molecule has 120 valence electrons. The highest BCUT2D eigenvalue weighted by atomic mass is 16.4. The van der Waals surface area contributed by atoms with E-state index in [0.29, 0.717) is 18.4 Å². The van der Waals surface area contributed by atoms with Crippen LogP contribution in [0.25, 0.3) is 0 Å². The van der Waals surface area contributed by atoms with Crippen molar-refractivity contribution in [3.8, 4) is 0 Å². The summed E-state index contributed by atoms with van der Waals surface area (Å²) in [7, 11) is 0. The number of unbranched alkanes of at least 4 members (excludes halogenated alkanes) is 4. The number of benzene rings is 1. The number of carbonyl (C=O) groups is 3. The van der Waals surface area contributed by atoms with Gasteiger partial charge < -0.3 is 15.3 Å². The topological polar surface area (TPSA) is 112 Å². The lowest BCUT2D eigenvalue weighted by molar-refractivity contribution is -0.137. The van der Waals surface area contributed by atoms with E-state index < -0.39 is 17.9 Å². The van der Waals surface area contributed by atoms with Crippen molar-refractivity contribution in [2.45, 2.75) is 44.9 Å². The number of hydrogen-bond acceptors (Lipinski definition) is 3. The summed E-state index contributed by atoms with van der Waals surface area (Å²) in [6, 6.07) is 4.49. The summed E-state index contributed by atoms with van der Waals surface area (Å²) in [4.78, 5) is 32.7. The maximum Gasteiger partial charge on any atom is 0.336 e. The van der Waals surface area contributed by atoms with Gasteiger partial charge in [-0.2, -0.15) is 0 Å². The lowest BCUT2D eigenvalue weighted by Crippen LogP contribution is -2.11. The largest absolute Gasteiger partial charge is 0.481 e. The van der Waals surface area contributed by atoms with Crippen molar-refractivity contribution in [2.75, 3.05) is 0 Å². The van der Waals surface area contributed by atoms with Gasteiger partial charge in [-0.15, -0.1) is 0 Å². The Morgan fingerprint density at radius 2 is 1.45 bits per heavy atom. The number of aliphatic carboxylic acids is 1. The molecule has 0 bridgehead atoms. The molecule has 1 aromatic rings. The van der Waals surface area contributed by atoms with Gasteiger partial charge in [0, 0.05) is 6.42 Å². The number of rotatable bonds is 10. The fourth-order valence-electron chi connectivity index (χ4n) is 2.36. The molecule has 0 amide bonds. The Hall–Kier alpha value is -2.37. The molecule has 0 aliphatic rings. The Kier molecular flexibility index (Phi) is 7.08. The van der Waals surface area contributed by atoms with Crippen LogP contribution in [0.5, 0.6) is 0 Å². The summed E-state index contributed by atoms with van der Waals surface area (Å²) in [6.07, 6.45) is 4.63. The first-order valence-corrected chi connectivity index (χ1v) is 7.23. The van der Waals surface area contributed by atoms with Gasteiger partial charge in [-0.1, -0.05) is 31.4 Å². The van der Waals surface area contributed by atoms with Gasteiger partial charge in [0.15, 0.2) is 0 Å². The van der Waals surface area contributed by atoms with E-state index in [1.807, 2.05) is 0 Å². The quantitative estimate of drug-likeness (QED) is 0.573. The maximum atomic E-state index is 11.3. The molecular weight excluding hydrogens is 288 g/mol. The molecule has 0 saturated heterocycles. The van der Waals surface area contributed by atoms with E-state index in [-0.39, 0.29) is 17.5 Å². The van der Waals surface area contributed by atoms with Gasteiger partial charge in [-0.05, 0) is 30.9 Å². The summed E-state index contributed by atoms with van der Waals surface area (Å²) in [5, 5.41) is 26.8. The first-order chi connectivity index (χ1) is 10.4. The second-order valence-corrected chi connectivity index (χ2v) is 5.11. The Balaban J connectivity index is 2.52. The maximum absolute atomic E-state index is 11.3. The third-order valence-electron chi connectivity index (χ3n) is 3.43. The van der Waals surface area contributed by atoms with E-state index in [1.165, 1.54) is 6.07 Å². The fraction of sp³-hybridized carbons (Fsp3) is 0.438. The number of hydrogen-bond donors (Lipinski definition) is 3. The molecule has 1 rings (SSSR count). The molecule has 0 saturated carbocycles. The van der Waals surface area contributed by atoms with E-state index in [2.05, 4.69) is 0 Å². The average molecular weight is 308 g/mol. The SMILES string of the molecule is O=C(O)CCCCCCCc1cccc(C(=O)O)c1C(=O)O. The molecule has 0 aromatic heterocycles. The zero-order valence-electron chi connectivity index (χ0n) is 12.2. The third kappa shape index (κ3) is 5.55. The van der Waals surface area contributed by atoms with Gasteiger partial charge >= 0.3 is 17.9 Å². The van der Waals surface area contributed by atoms with E-state index in [1.54, 1.807) is 12.1 Å². The van der Waals surface area contributed by atoms with E-state index in [9.17, 15) is 19.5 Å². The summed E-state index contributed by atoms with van der Waals surface area (Å²) in [5.74, 6) is -3.26. The van der Waals surface area contributed by atoms with Crippen molar-refractivity contribution in [3.05, 3.63) is 34.9 Å². The van der Waals surface area contributed by atoms with Gasteiger partial charge in [0.05, 0.1) is 11.1 Å². The van der Waals surface area contributed by atoms with Gasteiger partial charge in [0.2, 0.25) is 0 Å². The molecule has 0 radical (unpaired) electrons. The fourth-order valence-corrected chi connectivity index (χ4v) is 2.36. The predicted molar refractivity (Wildman–Crippen MR) is 79.4 cm³/mol. The second-order valence-electron chi connectivity index (χ2n) is 5.11. The van der Waals surface area contributed by atoms with Gasteiger partial charge in [-0.25, -0.2) is 9.59 Å². The van der Waals surface area contributed by atoms with Crippen LogP contribution in [0.3, 0.4) is 0 Å². The highest BCUT2D eigenvalue weighted by Crippen LogP contribution is 2.18. The standard InChI is InChI=1S/C16H20O6/c17-13(18)10-5-3-1-2-4-7-11-8-6-9-12(15(19)20)14(11)16(21)22/h6,8-9H,1-5,7,10H2,(H,17,18)(H,19,20)(H,21,22). The van der Waals surface area contributed by atoms with Crippen LogP contribution in [0.15, 0.2) is 18.2 Å². The van der Waals surface area contributed by atoms with Crippen LogP contribution in [-0.4, -0.2) is 33.2 Å². The average Bonchev–Trinajstić information content (AvgIpc) is 2.45. The van der Waals surface area contributed by atoms with Crippen molar-refractivity contribution in [1.29, 1.82) is 0 Å². The summed E-state index contributed by atoms with van der Waals surface area (Å²) in [5.41, 5.74) is 0.199. The molecule has 1 aromatic carbocycles. The van der Waals surface area contributed by atoms with Gasteiger partial charge in [0.1, 0.15) is 0 Å². The molecule has 0 heterocycles. The zero-order valence-corrected chi connectivity index (χ0v) is 12.2. The molecule has 0 aliphatic carbocycles. The van der Waals surface area contributed by atoms with E-state index in [0.717, 1.165) is 25.7 Å². The number of aryl methyl sites for hydroxylation is 1. The molecule has 0 unspecified atom stereocenters. The van der Waals surface area contributed by atoms with Crippen molar-refractivity contribution >= 4 is 17.9 Å². The number of aromatic carboxylic acids is 2. The highest BCUT2D eigenvalue weighted by Gasteiger charge is 2.19. The highest BCUT2D eigenvalue weighted by molar-refractivity contribution is 6.02. The third-order valence-corrected chi connectivity index (χ3v) is 3.43. The molecule has 0 atom stereocenters. The monoisotopic (exact) mass is 308 g/mol. The summed E-state index contributed by atoms with van der Waals surface area (Å²) >= 11 is 0. The van der Waals surface area contributed by atoms with Crippen LogP contribution in [0.1, 0.15) is 64.8 Å². The lowest BCUT2D eigenvalue weighted by atomic mass is 9.96. The van der Waals surface area contributed by atoms with E-state index in [4.69, 9.17) is 10.2 Å². The minimum Gasteiger partial charge on any atom is -0.481 e.